The number of aromatic nitrogens is 1. The molecule has 1 heterocycles. The van der Waals surface area contributed by atoms with Crippen molar-refractivity contribution in [3.63, 3.8) is 0 Å². The summed E-state index contributed by atoms with van der Waals surface area (Å²) in [6, 6.07) is 7.58. The molecule has 0 spiro atoms. The summed E-state index contributed by atoms with van der Waals surface area (Å²) in [4.78, 5) is 15.5. The first-order valence-corrected chi connectivity index (χ1v) is 11.2. The van der Waals surface area contributed by atoms with Gasteiger partial charge < -0.3 is 19.3 Å². The number of aryl methyl sites for hydroxylation is 2. The van der Waals surface area contributed by atoms with E-state index in [1.165, 1.54) is 0 Å². The fraction of sp³-hybridized carbons (Fsp3) is 0.440. The molecule has 0 saturated heterocycles. The molecule has 7 heteroatoms. The van der Waals surface area contributed by atoms with Crippen LogP contribution in [-0.2, 0) is 33.9 Å². The van der Waals surface area contributed by atoms with Gasteiger partial charge in [0.05, 0.1) is 18.9 Å². The number of hydrogen-bond acceptors (Lipinski definition) is 5. The van der Waals surface area contributed by atoms with E-state index in [9.17, 15) is 4.79 Å². The molecule has 0 amide bonds. The molecular weight excluding hydrogens is 430 g/mol. The minimum Gasteiger partial charge on any atom is -0.481 e. The normalized spacial score (nSPS) is 11.2. The molecule has 6 nitrogen and oxygen atoms in total. The smallest absolute Gasteiger partial charge is 0.341 e. The maximum Gasteiger partial charge on any atom is 0.341 e. The average molecular weight is 462 g/mol. The van der Waals surface area contributed by atoms with Crippen LogP contribution < -0.4 is 4.74 Å². The molecule has 0 saturated carbocycles. The molecule has 0 bridgehead atoms. The van der Waals surface area contributed by atoms with Crippen molar-refractivity contribution in [3.8, 4) is 5.75 Å². The highest BCUT2D eigenvalue weighted by atomic mass is 35.5. The van der Waals surface area contributed by atoms with Gasteiger partial charge in [0.2, 0.25) is 0 Å². The minimum absolute atomic E-state index is 0.305. The lowest BCUT2D eigenvalue weighted by Gasteiger charge is -2.14. The monoisotopic (exact) mass is 461 g/mol. The second kappa shape index (κ2) is 13.9. The van der Waals surface area contributed by atoms with Gasteiger partial charge in [-0.3, -0.25) is 4.98 Å². The molecule has 2 aromatic rings. The van der Waals surface area contributed by atoms with Crippen molar-refractivity contribution in [1.29, 1.82) is 0 Å². The van der Waals surface area contributed by atoms with Crippen LogP contribution in [0.25, 0.3) is 6.08 Å². The quantitative estimate of drug-likeness (QED) is 0.368. The van der Waals surface area contributed by atoms with Crippen LogP contribution in [0.5, 0.6) is 5.75 Å². The number of carboxylic acids is 1. The summed E-state index contributed by atoms with van der Waals surface area (Å²) < 4.78 is 16.9. The molecule has 0 aliphatic heterocycles. The Hall–Kier alpha value is -2.41. The van der Waals surface area contributed by atoms with Crippen LogP contribution in [0.15, 0.2) is 30.3 Å². The van der Waals surface area contributed by atoms with Crippen molar-refractivity contribution in [2.75, 3.05) is 19.8 Å². The van der Waals surface area contributed by atoms with Gasteiger partial charge in [-0.2, -0.15) is 0 Å². The van der Waals surface area contributed by atoms with Crippen LogP contribution in [0.3, 0.4) is 0 Å². The maximum absolute atomic E-state index is 10.8. The summed E-state index contributed by atoms with van der Waals surface area (Å²) in [5.74, 6) is -0.513. The summed E-state index contributed by atoms with van der Waals surface area (Å²) >= 11 is 6.12. The highest BCUT2D eigenvalue weighted by molar-refractivity contribution is 6.30. The third-order valence-corrected chi connectivity index (χ3v) is 4.96. The van der Waals surface area contributed by atoms with Crippen molar-refractivity contribution < 1.29 is 24.1 Å². The number of unbranched alkanes of at least 4 members (excludes halogenated alkanes) is 1. The molecule has 174 valence electrons. The van der Waals surface area contributed by atoms with Crippen LogP contribution in [0, 0.1) is 6.92 Å². The van der Waals surface area contributed by atoms with E-state index in [2.05, 4.69) is 24.1 Å². The van der Waals surface area contributed by atoms with Crippen LogP contribution in [0.4, 0.5) is 0 Å². The number of hydrogen-bond donors (Lipinski definition) is 1. The highest BCUT2D eigenvalue weighted by Crippen LogP contribution is 2.28. The number of halogens is 1. The van der Waals surface area contributed by atoms with Crippen LogP contribution >= 0.6 is 11.6 Å². The molecule has 0 fully saturated rings. The largest absolute Gasteiger partial charge is 0.481 e. The predicted molar refractivity (Wildman–Crippen MR) is 126 cm³/mol. The molecule has 0 aliphatic rings. The molecule has 0 aliphatic carbocycles. The zero-order chi connectivity index (χ0) is 23.3. The molecule has 0 radical (unpaired) electrons. The number of carboxylic acid groups (broad SMARTS) is 1. The Morgan fingerprint density at radius 3 is 2.53 bits per heavy atom. The van der Waals surface area contributed by atoms with Gasteiger partial charge in [0, 0.05) is 29.5 Å². The molecule has 32 heavy (non-hydrogen) atoms. The van der Waals surface area contributed by atoms with Gasteiger partial charge in [-0.25, -0.2) is 4.79 Å². The Labute approximate surface area is 195 Å². The highest BCUT2D eigenvalue weighted by Gasteiger charge is 2.11. The molecule has 1 aromatic heterocycles. The summed E-state index contributed by atoms with van der Waals surface area (Å²) in [6.45, 7) is 7.52. The molecule has 1 N–H and O–H groups in total. The zero-order valence-electron chi connectivity index (χ0n) is 19.0. The van der Waals surface area contributed by atoms with Crippen LogP contribution in [0.1, 0.15) is 54.8 Å². The lowest BCUT2D eigenvalue weighted by Crippen LogP contribution is -2.12. The van der Waals surface area contributed by atoms with E-state index in [1.807, 2.05) is 26.0 Å². The SMILES string of the molecule is C/C=C\c1ccc(COCCCCOCc2cc(Cl)cc(C)c2OCC(=O)O)nc1CC. The van der Waals surface area contributed by atoms with Gasteiger partial charge in [0.15, 0.2) is 6.61 Å². The Balaban J connectivity index is 1.70. The van der Waals surface area contributed by atoms with Gasteiger partial charge >= 0.3 is 5.97 Å². The Morgan fingerprint density at radius 2 is 1.88 bits per heavy atom. The number of aliphatic carboxylic acids is 1. The van der Waals surface area contributed by atoms with E-state index in [0.29, 0.717) is 37.2 Å². The van der Waals surface area contributed by atoms with Crippen molar-refractivity contribution in [3.05, 3.63) is 63.4 Å². The fourth-order valence-corrected chi connectivity index (χ4v) is 3.56. The van der Waals surface area contributed by atoms with E-state index in [0.717, 1.165) is 47.3 Å². The number of allylic oxidation sites excluding steroid dienone is 1. The van der Waals surface area contributed by atoms with Crippen molar-refractivity contribution in [1.82, 2.24) is 4.98 Å². The Kier molecular flexibility index (Phi) is 11.2. The van der Waals surface area contributed by atoms with E-state index in [1.54, 1.807) is 12.1 Å². The van der Waals surface area contributed by atoms with Crippen molar-refractivity contribution in [2.45, 2.75) is 53.2 Å². The first-order chi connectivity index (χ1) is 15.4. The van der Waals surface area contributed by atoms with Gasteiger partial charge in [-0.1, -0.05) is 36.7 Å². The standard InChI is InChI=1S/C25H32ClNO5/c1-4-8-19-9-10-22(27-23(19)5-2)16-31-12-7-6-11-30-15-20-14-21(26)13-18(3)25(20)32-17-24(28)29/h4,8-10,13-14H,5-7,11-12,15-17H2,1-3H3,(H,28,29)/b8-4-. The average Bonchev–Trinajstić information content (AvgIpc) is 2.75. The number of benzene rings is 1. The first kappa shape index (κ1) is 25.8. The first-order valence-electron chi connectivity index (χ1n) is 10.8. The van der Waals surface area contributed by atoms with Gasteiger partial charge in [-0.05, 0) is 62.4 Å². The maximum atomic E-state index is 10.8. The topological polar surface area (TPSA) is 77.9 Å². The van der Waals surface area contributed by atoms with E-state index >= 15 is 0 Å². The van der Waals surface area contributed by atoms with Gasteiger partial charge in [-0.15, -0.1) is 0 Å². The lowest BCUT2D eigenvalue weighted by atomic mass is 10.1. The van der Waals surface area contributed by atoms with Crippen LogP contribution in [0.2, 0.25) is 5.02 Å². The second-order valence-electron chi connectivity index (χ2n) is 7.40. The molecule has 1 aromatic carbocycles. The fourth-order valence-electron chi connectivity index (χ4n) is 3.27. The minimum atomic E-state index is -1.03. The van der Waals surface area contributed by atoms with Crippen molar-refractivity contribution >= 4 is 23.6 Å². The predicted octanol–water partition coefficient (Wildman–Crippen LogP) is 5.62. The summed E-state index contributed by atoms with van der Waals surface area (Å²) in [5.41, 5.74) is 4.70. The summed E-state index contributed by atoms with van der Waals surface area (Å²) in [7, 11) is 0. The lowest BCUT2D eigenvalue weighted by molar-refractivity contribution is -0.139. The number of carbonyl (C=O) groups is 1. The van der Waals surface area contributed by atoms with Crippen LogP contribution in [-0.4, -0.2) is 35.9 Å². The third kappa shape index (κ3) is 8.61. The number of rotatable bonds is 14. The molecular formula is C25H32ClNO5. The van der Waals surface area contributed by atoms with E-state index < -0.39 is 12.6 Å². The molecule has 0 atom stereocenters. The Morgan fingerprint density at radius 1 is 1.16 bits per heavy atom. The van der Waals surface area contributed by atoms with E-state index in [4.69, 9.17) is 30.9 Å². The Bertz CT molecular complexity index is 913. The molecule has 0 unspecified atom stereocenters. The number of pyridine rings is 1. The number of nitrogens with zero attached hydrogens (tertiary/aromatic N) is 1. The van der Waals surface area contributed by atoms with Gasteiger partial charge in [0.1, 0.15) is 5.75 Å². The molecule has 2 rings (SSSR count). The second-order valence-corrected chi connectivity index (χ2v) is 7.83. The number of ether oxygens (including phenoxy) is 3. The zero-order valence-corrected chi connectivity index (χ0v) is 19.8. The summed E-state index contributed by atoms with van der Waals surface area (Å²) in [5, 5.41) is 9.43. The van der Waals surface area contributed by atoms with Crippen molar-refractivity contribution in [2.24, 2.45) is 0 Å². The third-order valence-electron chi connectivity index (χ3n) is 4.74. The summed E-state index contributed by atoms with van der Waals surface area (Å²) in [6.07, 6.45) is 6.70. The van der Waals surface area contributed by atoms with E-state index in [-0.39, 0.29) is 0 Å². The van der Waals surface area contributed by atoms with Gasteiger partial charge in [0.25, 0.3) is 0 Å².